The van der Waals surface area contributed by atoms with E-state index in [9.17, 15) is 14.7 Å². The molecule has 1 heterocycles. The third-order valence-corrected chi connectivity index (χ3v) is 6.41. The van der Waals surface area contributed by atoms with Crippen LogP contribution in [-0.4, -0.2) is 16.8 Å². The summed E-state index contributed by atoms with van der Waals surface area (Å²) < 4.78 is 0.841. The van der Waals surface area contributed by atoms with E-state index >= 15 is 0 Å². The molecule has 1 N–H and O–H groups in total. The summed E-state index contributed by atoms with van der Waals surface area (Å²) in [5, 5.41) is 12.2. The first-order valence-electron chi connectivity index (χ1n) is 9.16. The second-order valence-corrected chi connectivity index (χ2v) is 8.85. The lowest BCUT2D eigenvalue weighted by Gasteiger charge is -2.23. The van der Waals surface area contributed by atoms with Crippen LogP contribution in [0.25, 0.3) is 0 Å². The zero-order chi connectivity index (χ0) is 21.5. The molecular formula is C23H16BrCl2NO3. The van der Waals surface area contributed by atoms with Crippen molar-refractivity contribution in [3.8, 4) is 0 Å². The summed E-state index contributed by atoms with van der Waals surface area (Å²) in [6, 6.07) is 18.9. The Morgan fingerprint density at radius 1 is 1.00 bits per heavy atom. The van der Waals surface area contributed by atoms with Gasteiger partial charge < -0.3 is 10.0 Å². The highest BCUT2D eigenvalue weighted by atomic mass is 79.9. The van der Waals surface area contributed by atoms with Crippen LogP contribution in [0.1, 0.15) is 27.9 Å². The molecule has 1 atom stereocenters. The van der Waals surface area contributed by atoms with Gasteiger partial charge in [-0.05, 0) is 35.9 Å². The lowest BCUT2D eigenvalue weighted by molar-refractivity contribution is -0.136. The van der Waals surface area contributed by atoms with Crippen LogP contribution in [-0.2, 0) is 16.9 Å². The number of carbonyl (C=O) groups excluding carboxylic acids is 2. The van der Waals surface area contributed by atoms with Crippen molar-refractivity contribution in [3.63, 3.8) is 0 Å². The number of carbonyl (C=O) groups is 2. The highest BCUT2D eigenvalue weighted by molar-refractivity contribution is 9.10. The molecule has 3 aromatic carbocycles. The molecule has 0 saturated heterocycles. The van der Waals surface area contributed by atoms with Crippen LogP contribution in [0.15, 0.2) is 71.2 Å². The number of hydrogen-bond acceptors (Lipinski definition) is 3. The number of amides is 1. The van der Waals surface area contributed by atoms with Gasteiger partial charge in [0, 0.05) is 15.6 Å². The Bertz CT molecular complexity index is 1150. The molecule has 0 aliphatic carbocycles. The highest BCUT2D eigenvalue weighted by Crippen LogP contribution is 2.43. The quantitative estimate of drug-likeness (QED) is 0.449. The van der Waals surface area contributed by atoms with Crippen LogP contribution >= 0.6 is 39.1 Å². The number of nitrogens with zero attached hydrogens (tertiary/aromatic N) is 1. The summed E-state index contributed by atoms with van der Waals surface area (Å²) in [5.41, 5.74) is 0.243. The first-order chi connectivity index (χ1) is 14.3. The third-order valence-electron chi connectivity index (χ3n) is 5.15. The zero-order valence-electron chi connectivity index (χ0n) is 15.6. The van der Waals surface area contributed by atoms with Crippen LogP contribution in [0.3, 0.4) is 0 Å². The van der Waals surface area contributed by atoms with E-state index in [2.05, 4.69) is 15.9 Å². The minimum Gasteiger partial charge on any atom is -0.375 e. The van der Waals surface area contributed by atoms with Crippen molar-refractivity contribution in [3.05, 3.63) is 97.9 Å². The Hall–Kier alpha value is -2.18. The van der Waals surface area contributed by atoms with Gasteiger partial charge in [0.1, 0.15) is 0 Å². The molecule has 3 aromatic rings. The number of anilines is 1. The summed E-state index contributed by atoms with van der Waals surface area (Å²) in [6.07, 6.45) is -0.345. The average molecular weight is 505 g/mol. The molecule has 1 aliphatic heterocycles. The van der Waals surface area contributed by atoms with E-state index in [1.807, 2.05) is 0 Å². The predicted molar refractivity (Wildman–Crippen MR) is 121 cm³/mol. The fraction of sp³-hybridized carbons (Fsp3) is 0.130. The number of ketones is 1. The van der Waals surface area contributed by atoms with Crippen molar-refractivity contribution in [1.82, 2.24) is 0 Å². The monoisotopic (exact) mass is 503 g/mol. The fourth-order valence-corrected chi connectivity index (χ4v) is 4.21. The normalized spacial score (nSPS) is 17.9. The second kappa shape index (κ2) is 8.16. The SMILES string of the molecule is O=C(C[C@]1(O)C(=O)N(Cc2ccc(Cl)c(Cl)c2)c2ccccc21)c1ccc(Br)cc1. The number of benzene rings is 3. The predicted octanol–water partition coefficient (Wildman–Crippen LogP) is 5.76. The lowest BCUT2D eigenvalue weighted by Crippen LogP contribution is -2.41. The number of halogens is 3. The van der Waals surface area contributed by atoms with Gasteiger partial charge in [0.2, 0.25) is 0 Å². The molecule has 1 amide bonds. The van der Waals surface area contributed by atoms with E-state index < -0.39 is 11.5 Å². The number of hydrogen-bond donors (Lipinski definition) is 1. The Labute approximate surface area is 192 Å². The minimum atomic E-state index is -1.93. The van der Waals surface area contributed by atoms with Gasteiger partial charge in [-0.15, -0.1) is 0 Å². The molecule has 0 aromatic heterocycles. The molecule has 0 spiro atoms. The smallest absolute Gasteiger partial charge is 0.264 e. The maximum absolute atomic E-state index is 13.3. The van der Waals surface area contributed by atoms with E-state index in [0.29, 0.717) is 26.9 Å². The number of para-hydroxylation sites is 1. The number of rotatable bonds is 5. The van der Waals surface area contributed by atoms with Crippen LogP contribution in [0.4, 0.5) is 5.69 Å². The molecule has 7 heteroatoms. The van der Waals surface area contributed by atoms with E-state index in [1.54, 1.807) is 66.7 Å². The third kappa shape index (κ3) is 3.79. The summed E-state index contributed by atoms with van der Waals surface area (Å²) in [4.78, 5) is 27.6. The molecule has 0 radical (unpaired) electrons. The zero-order valence-corrected chi connectivity index (χ0v) is 18.7. The standard InChI is InChI=1S/C23H16BrCl2NO3/c24-16-8-6-15(7-9-16)21(28)12-23(30)17-3-1-2-4-20(17)27(22(23)29)13-14-5-10-18(25)19(26)11-14/h1-11,30H,12-13H2/t23-/m1/s1. The Balaban J connectivity index is 1.67. The molecule has 1 aliphatic rings. The molecule has 0 fully saturated rings. The summed E-state index contributed by atoms with van der Waals surface area (Å²) >= 11 is 15.4. The number of Topliss-reactive ketones (excluding diaryl/α,β-unsaturated/α-hetero) is 1. The maximum Gasteiger partial charge on any atom is 0.264 e. The van der Waals surface area contributed by atoms with Gasteiger partial charge in [0.05, 0.1) is 28.7 Å². The van der Waals surface area contributed by atoms with Crippen molar-refractivity contribution in [2.45, 2.75) is 18.6 Å². The van der Waals surface area contributed by atoms with E-state index in [0.717, 1.165) is 10.0 Å². The van der Waals surface area contributed by atoms with E-state index in [-0.39, 0.29) is 18.7 Å². The molecule has 0 bridgehead atoms. The number of aliphatic hydroxyl groups is 1. The summed E-state index contributed by atoms with van der Waals surface area (Å²) in [5.74, 6) is -0.857. The summed E-state index contributed by atoms with van der Waals surface area (Å²) in [7, 11) is 0. The Morgan fingerprint density at radius 3 is 2.40 bits per heavy atom. The number of fused-ring (bicyclic) bond motifs is 1. The molecule has 0 saturated carbocycles. The van der Waals surface area contributed by atoms with Gasteiger partial charge in [-0.3, -0.25) is 9.59 Å². The molecule has 30 heavy (non-hydrogen) atoms. The van der Waals surface area contributed by atoms with E-state index in [1.165, 1.54) is 4.90 Å². The first kappa shape index (κ1) is 21.1. The molecular weight excluding hydrogens is 489 g/mol. The van der Waals surface area contributed by atoms with Crippen molar-refractivity contribution >= 4 is 56.5 Å². The van der Waals surface area contributed by atoms with Gasteiger partial charge in [-0.25, -0.2) is 0 Å². The minimum absolute atomic E-state index is 0.196. The van der Waals surface area contributed by atoms with Crippen molar-refractivity contribution in [2.75, 3.05) is 4.90 Å². The second-order valence-electron chi connectivity index (χ2n) is 7.12. The Kier molecular flexibility index (Phi) is 5.73. The van der Waals surface area contributed by atoms with E-state index in [4.69, 9.17) is 23.2 Å². The van der Waals surface area contributed by atoms with Gasteiger partial charge in [-0.2, -0.15) is 0 Å². The van der Waals surface area contributed by atoms with Crippen LogP contribution in [0.2, 0.25) is 10.0 Å². The van der Waals surface area contributed by atoms with Crippen molar-refractivity contribution < 1.29 is 14.7 Å². The largest absolute Gasteiger partial charge is 0.375 e. The lowest BCUT2D eigenvalue weighted by atomic mass is 9.88. The van der Waals surface area contributed by atoms with Crippen molar-refractivity contribution in [1.29, 1.82) is 0 Å². The first-order valence-corrected chi connectivity index (χ1v) is 10.7. The molecule has 4 nitrogen and oxygen atoms in total. The van der Waals surface area contributed by atoms with Gasteiger partial charge in [0.15, 0.2) is 11.4 Å². The molecule has 4 rings (SSSR count). The highest BCUT2D eigenvalue weighted by Gasteiger charge is 2.50. The Morgan fingerprint density at radius 2 is 1.70 bits per heavy atom. The van der Waals surface area contributed by atoms with Gasteiger partial charge >= 0.3 is 0 Å². The molecule has 152 valence electrons. The molecule has 0 unspecified atom stereocenters. The van der Waals surface area contributed by atoms with Gasteiger partial charge in [-0.1, -0.05) is 75.5 Å². The topological polar surface area (TPSA) is 57.6 Å². The van der Waals surface area contributed by atoms with Crippen LogP contribution < -0.4 is 4.90 Å². The summed E-state index contributed by atoms with van der Waals surface area (Å²) in [6.45, 7) is 0.196. The van der Waals surface area contributed by atoms with Crippen LogP contribution in [0.5, 0.6) is 0 Å². The van der Waals surface area contributed by atoms with Crippen molar-refractivity contribution in [2.24, 2.45) is 0 Å². The fourth-order valence-electron chi connectivity index (χ4n) is 3.63. The average Bonchev–Trinajstić information content (AvgIpc) is 2.93. The maximum atomic E-state index is 13.3. The van der Waals surface area contributed by atoms with Crippen LogP contribution in [0, 0.1) is 0 Å². The van der Waals surface area contributed by atoms with Gasteiger partial charge in [0.25, 0.3) is 5.91 Å².